The summed E-state index contributed by atoms with van der Waals surface area (Å²) in [5, 5.41) is 10.2. The highest BCUT2D eigenvalue weighted by Gasteiger charge is 2.35. The highest BCUT2D eigenvalue weighted by Crippen LogP contribution is 2.36. The summed E-state index contributed by atoms with van der Waals surface area (Å²) in [6.45, 7) is 7.10. The highest BCUT2D eigenvalue weighted by atomic mass is 16.5. The SMILES string of the molecule is CC(C)C1CN(c2nc(-c3ccccc3)c3c(c2C#N)CCOC3)CCN1C(=O)c1ccoc1. The van der Waals surface area contributed by atoms with Crippen LogP contribution < -0.4 is 4.90 Å². The Balaban J connectivity index is 1.55. The number of carbonyl (C=O) groups is 1. The van der Waals surface area contributed by atoms with E-state index in [1.54, 1.807) is 6.07 Å². The Bertz CT molecular complexity index is 1210. The lowest BCUT2D eigenvalue weighted by Crippen LogP contribution is -2.57. The third-order valence-electron chi connectivity index (χ3n) is 6.81. The summed E-state index contributed by atoms with van der Waals surface area (Å²) >= 11 is 0. The van der Waals surface area contributed by atoms with Gasteiger partial charge in [-0.25, -0.2) is 4.98 Å². The lowest BCUT2D eigenvalue weighted by atomic mass is 9.93. The molecule has 0 saturated carbocycles. The normalized spacial score (nSPS) is 18.0. The van der Waals surface area contributed by atoms with Crippen LogP contribution in [0.15, 0.2) is 53.3 Å². The number of furan rings is 1. The van der Waals surface area contributed by atoms with Crippen molar-refractivity contribution < 1.29 is 13.9 Å². The average Bonchev–Trinajstić information content (AvgIpc) is 3.42. The van der Waals surface area contributed by atoms with Gasteiger partial charge in [0.25, 0.3) is 5.91 Å². The number of ether oxygens (including phenoxy) is 1. The first-order chi connectivity index (χ1) is 16.6. The molecule has 1 atom stereocenters. The van der Waals surface area contributed by atoms with Crippen LogP contribution >= 0.6 is 0 Å². The van der Waals surface area contributed by atoms with Crippen molar-refractivity contribution in [2.24, 2.45) is 5.92 Å². The van der Waals surface area contributed by atoms with Crippen molar-refractivity contribution in [3.63, 3.8) is 0 Å². The molecule has 0 radical (unpaired) electrons. The molecule has 2 aliphatic rings. The van der Waals surface area contributed by atoms with Crippen LogP contribution in [0.2, 0.25) is 0 Å². The average molecular weight is 457 g/mol. The molecular formula is C27H28N4O3. The minimum atomic E-state index is -0.0202. The molecule has 0 spiro atoms. The van der Waals surface area contributed by atoms with E-state index in [4.69, 9.17) is 14.1 Å². The molecule has 7 nitrogen and oxygen atoms in total. The molecule has 174 valence electrons. The van der Waals surface area contributed by atoms with Crippen LogP contribution in [0, 0.1) is 17.2 Å². The fourth-order valence-electron chi connectivity index (χ4n) is 5.00. The number of carbonyl (C=O) groups excluding carboxylic acids is 1. The molecule has 1 amide bonds. The molecule has 1 fully saturated rings. The van der Waals surface area contributed by atoms with E-state index in [9.17, 15) is 10.1 Å². The summed E-state index contributed by atoms with van der Waals surface area (Å²) in [5.74, 6) is 0.931. The smallest absolute Gasteiger partial charge is 0.257 e. The molecular weight excluding hydrogens is 428 g/mol. The van der Waals surface area contributed by atoms with Gasteiger partial charge in [-0.05, 0) is 24.0 Å². The molecule has 1 unspecified atom stereocenters. The van der Waals surface area contributed by atoms with Crippen molar-refractivity contribution in [1.82, 2.24) is 9.88 Å². The van der Waals surface area contributed by atoms with Crippen molar-refractivity contribution in [1.29, 1.82) is 5.26 Å². The van der Waals surface area contributed by atoms with Gasteiger partial charge in [0.05, 0.1) is 42.3 Å². The number of piperazine rings is 1. The number of benzene rings is 1. The quantitative estimate of drug-likeness (QED) is 0.583. The van der Waals surface area contributed by atoms with Crippen molar-refractivity contribution in [2.75, 3.05) is 31.1 Å². The predicted octanol–water partition coefficient (Wildman–Crippen LogP) is 4.27. The summed E-state index contributed by atoms with van der Waals surface area (Å²) in [6, 6.07) is 14.2. The van der Waals surface area contributed by atoms with Crippen molar-refractivity contribution in [3.05, 3.63) is 71.2 Å². The molecule has 34 heavy (non-hydrogen) atoms. The standard InChI is InChI=1S/C27H28N4O3/c1-18(2)24-15-30(10-11-31(24)27(32)20-8-12-33-16-20)26-22(14-28)21-9-13-34-17-23(21)25(29-26)19-6-4-3-5-7-19/h3-8,12,16,18,24H,9-11,13,15,17H2,1-2H3. The first-order valence-corrected chi connectivity index (χ1v) is 11.8. The molecule has 1 saturated heterocycles. The number of rotatable bonds is 4. The second-order valence-corrected chi connectivity index (χ2v) is 9.16. The Morgan fingerprint density at radius 3 is 2.71 bits per heavy atom. The van der Waals surface area contributed by atoms with Crippen molar-refractivity contribution >= 4 is 11.7 Å². The van der Waals surface area contributed by atoms with Crippen LogP contribution in [-0.2, 0) is 17.8 Å². The van der Waals surface area contributed by atoms with Gasteiger partial charge >= 0.3 is 0 Å². The Morgan fingerprint density at radius 2 is 2.00 bits per heavy atom. The summed E-state index contributed by atoms with van der Waals surface area (Å²) in [4.78, 5) is 22.3. The molecule has 2 aliphatic heterocycles. The van der Waals surface area contributed by atoms with E-state index in [0.29, 0.717) is 56.2 Å². The number of aromatic nitrogens is 1. The summed E-state index contributed by atoms with van der Waals surface area (Å²) in [7, 11) is 0. The minimum Gasteiger partial charge on any atom is -0.472 e. The second kappa shape index (κ2) is 9.32. The maximum absolute atomic E-state index is 13.1. The van der Waals surface area contributed by atoms with Gasteiger partial charge in [-0.2, -0.15) is 5.26 Å². The van der Waals surface area contributed by atoms with Crippen LogP contribution in [0.3, 0.4) is 0 Å². The van der Waals surface area contributed by atoms with Crippen LogP contribution in [0.5, 0.6) is 0 Å². The Labute approximate surface area is 199 Å². The van der Waals surface area contributed by atoms with Crippen LogP contribution in [-0.4, -0.2) is 48.1 Å². The number of amides is 1. The first kappa shape index (κ1) is 22.2. The fraction of sp³-hybridized carbons (Fsp3) is 0.370. The van der Waals surface area contributed by atoms with E-state index in [-0.39, 0.29) is 17.9 Å². The summed E-state index contributed by atoms with van der Waals surface area (Å²) in [6.07, 6.45) is 3.72. The van der Waals surface area contributed by atoms with Gasteiger partial charge in [0, 0.05) is 30.8 Å². The Kier molecular flexibility index (Phi) is 6.08. The molecule has 4 heterocycles. The molecule has 0 bridgehead atoms. The molecule has 2 aromatic heterocycles. The number of fused-ring (bicyclic) bond motifs is 1. The highest BCUT2D eigenvalue weighted by molar-refractivity contribution is 5.94. The van der Waals surface area contributed by atoms with Crippen LogP contribution in [0.1, 0.15) is 40.9 Å². The zero-order valence-electron chi connectivity index (χ0n) is 19.5. The number of nitriles is 1. The number of nitrogens with zero attached hydrogens (tertiary/aromatic N) is 4. The third kappa shape index (κ3) is 3.95. The predicted molar refractivity (Wildman–Crippen MR) is 128 cm³/mol. The van der Waals surface area contributed by atoms with E-state index in [1.165, 1.54) is 12.5 Å². The second-order valence-electron chi connectivity index (χ2n) is 9.16. The zero-order valence-corrected chi connectivity index (χ0v) is 19.5. The lowest BCUT2D eigenvalue weighted by Gasteiger charge is -2.44. The number of hydrogen-bond donors (Lipinski definition) is 0. The van der Waals surface area contributed by atoms with Crippen molar-refractivity contribution in [3.8, 4) is 17.3 Å². The molecule has 5 rings (SSSR count). The first-order valence-electron chi connectivity index (χ1n) is 11.8. The maximum atomic E-state index is 13.1. The number of hydrogen-bond acceptors (Lipinski definition) is 6. The number of anilines is 1. The van der Waals surface area contributed by atoms with Crippen molar-refractivity contribution in [2.45, 2.75) is 32.9 Å². The van der Waals surface area contributed by atoms with Gasteiger partial charge in [0.2, 0.25) is 0 Å². The van der Waals surface area contributed by atoms with Gasteiger partial charge in [-0.1, -0.05) is 44.2 Å². The lowest BCUT2D eigenvalue weighted by molar-refractivity contribution is 0.0598. The van der Waals surface area contributed by atoms with E-state index < -0.39 is 0 Å². The van der Waals surface area contributed by atoms with E-state index in [2.05, 4.69) is 24.8 Å². The molecule has 0 N–H and O–H groups in total. The Hall–Kier alpha value is -3.63. The number of pyridine rings is 1. The van der Waals surface area contributed by atoms with Crippen LogP contribution in [0.4, 0.5) is 5.82 Å². The van der Waals surface area contributed by atoms with Gasteiger partial charge in [0.1, 0.15) is 18.2 Å². The fourth-order valence-corrected chi connectivity index (χ4v) is 5.00. The largest absolute Gasteiger partial charge is 0.472 e. The molecule has 0 aliphatic carbocycles. The minimum absolute atomic E-state index is 0.0102. The van der Waals surface area contributed by atoms with E-state index in [0.717, 1.165) is 22.4 Å². The van der Waals surface area contributed by atoms with E-state index in [1.807, 2.05) is 35.2 Å². The third-order valence-corrected chi connectivity index (χ3v) is 6.81. The summed E-state index contributed by atoms with van der Waals surface area (Å²) < 4.78 is 10.9. The monoisotopic (exact) mass is 456 g/mol. The maximum Gasteiger partial charge on any atom is 0.257 e. The van der Waals surface area contributed by atoms with Gasteiger partial charge in [-0.15, -0.1) is 0 Å². The zero-order chi connectivity index (χ0) is 23.7. The van der Waals surface area contributed by atoms with Crippen LogP contribution in [0.25, 0.3) is 11.3 Å². The summed E-state index contributed by atoms with van der Waals surface area (Å²) in [5.41, 5.74) is 5.14. The Morgan fingerprint density at radius 1 is 1.18 bits per heavy atom. The molecule has 7 heteroatoms. The van der Waals surface area contributed by atoms with Gasteiger partial charge in [0.15, 0.2) is 0 Å². The van der Waals surface area contributed by atoms with Gasteiger partial charge in [-0.3, -0.25) is 4.79 Å². The molecule has 1 aromatic carbocycles. The van der Waals surface area contributed by atoms with E-state index >= 15 is 0 Å². The molecule has 3 aromatic rings. The van der Waals surface area contributed by atoms with Gasteiger partial charge < -0.3 is 19.0 Å². The topological polar surface area (TPSA) is 82.6 Å².